The normalized spacial score (nSPS) is 12.5. The summed E-state index contributed by atoms with van der Waals surface area (Å²) in [5.74, 6) is -0.520. The van der Waals surface area contributed by atoms with Crippen LogP contribution in [-0.4, -0.2) is 35.7 Å². The molecule has 2 N–H and O–H groups in total. The molecule has 1 rings (SSSR count). The van der Waals surface area contributed by atoms with Crippen molar-refractivity contribution in [1.82, 2.24) is 9.44 Å². The lowest BCUT2D eigenvalue weighted by molar-refractivity contribution is 0.572. The Kier molecular flexibility index (Phi) is 6.26. The van der Waals surface area contributed by atoms with E-state index in [2.05, 4.69) is 9.44 Å². The third-order valence-electron chi connectivity index (χ3n) is 2.77. The van der Waals surface area contributed by atoms with Gasteiger partial charge < -0.3 is 0 Å². The Morgan fingerprint density at radius 2 is 1.71 bits per heavy atom. The van der Waals surface area contributed by atoms with Crippen LogP contribution in [0.4, 0.5) is 4.39 Å². The van der Waals surface area contributed by atoms with E-state index in [0.29, 0.717) is 12.0 Å². The van der Waals surface area contributed by atoms with Gasteiger partial charge in [0.1, 0.15) is 5.82 Å². The van der Waals surface area contributed by atoms with Gasteiger partial charge in [-0.05, 0) is 44.0 Å². The molecule has 0 unspecified atom stereocenters. The van der Waals surface area contributed by atoms with Crippen LogP contribution >= 0.6 is 0 Å². The predicted octanol–water partition coefficient (Wildman–Crippen LogP) is 0.742. The first-order valence-corrected chi connectivity index (χ1v) is 9.54. The molecule has 0 saturated heterocycles. The summed E-state index contributed by atoms with van der Waals surface area (Å²) in [5, 5.41) is 0. The maximum Gasteiger partial charge on any atom is 0.240 e. The minimum Gasteiger partial charge on any atom is -0.215 e. The van der Waals surface area contributed by atoms with Crippen molar-refractivity contribution in [2.45, 2.75) is 25.2 Å². The summed E-state index contributed by atoms with van der Waals surface area (Å²) in [6.45, 7) is 3.27. The van der Waals surface area contributed by atoms with Gasteiger partial charge in [-0.15, -0.1) is 0 Å². The van der Waals surface area contributed by atoms with Crippen LogP contribution in [0.2, 0.25) is 0 Å². The lowest BCUT2D eigenvalue weighted by Crippen LogP contribution is -2.31. The van der Waals surface area contributed by atoms with Gasteiger partial charge in [0.15, 0.2) is 0 Å². The maximum absolute atomic E-state index is 13.0. The van der Waals surface area contributed by atoms with Gasteiger partial charge in [0.05, 0.1) is 10.6 Å². The highest BCUT2D eigenvalue weighted by Crippen LogP contribution is 2.15. The Labute approximate surface area is 124 Å². The summed E-state index contributed by atoms with van der Waals surface area (Å²) in [4.78, 5) is 0.0121. The van der Waals surface area contributed by atoms with Crippen LogP contribution in [0.25, 0.3) is 0 Å². The number of rotatable bonds is 8. The summed E-state index contributed by atoms with van der Waals surface area (Å²) >= 11 is 0. The molecule has 0 amide bonds. The molecule has 0 radical (unpaired) electrons. The van der Waals surface area contributed by atoms with E-state index >= 15 is 0 Å². The third-order valence-corrected chi connectivity index (χ3v) is 5.80. The molecule has 120 valence electrons. The molecule has 0 fully saturated rings. The highest BCUT2D eigenvalue weighted by Gasteiger charge is 2.16. The maximum atomic E-state index is 13.0. The molecule has 0 heterocycles. The van der Waals surface area contributed by atoms with Gasteiger partial charge in [0.25, 0.3) is 0 Å². The second kappa shape index (κ2) is 7.30. The molecule has 21 heavy (non-hydrogen) atoms. The molecule has 0 aliphatic carbocycles. The summed E-state index contributed by atoms with van der Waals surface area (Å²) in [6, 6.07) is 3.42. The standard InChI is InChI=1S/C12H19FN2O4S2/c1-3-20(16,17)14-7-4-8-15-21(18,19)12-6-5-11(13)9-10(12)2/h5-6,9,14-15H,3-4,7-8H2,1-2H3. The summed E-state index contributed by atoms with van der Waals surface area (Å²) in [5.41, 5.74) is 0.314. The molecule has 0 aromatic heterocycles. The minimum atomic E-state index is -3.72. The van der Waals surface area contributed by atoms with Crippen molar-refractivity contribution in [2.24, 2.45) is 0 Å². The number of benzene rings is 1. The molecule has 0 atom stereocenters. The molecule has 6 nitrogen and oxygen atoms in total. The number of hydrogen-bond acceptors (Lipinski definition) is 4. The summed E-state index contributed by atoms with van der Waals surface area (Å²) in [7, 11) is -6.99. The van der Waals surface area contributed by atoms with E-state index in [0.717, 1.165) is 12.1 Å². The average molecular weight is 338 g/mol. The first-order valence-electron chi connectivity index (χ1n) is 6.41. The number of nitrogens with one attached hydrogen (secondary N) is 2. The molecule has 0 aliphatic heterocycles. The van der Waals surface area contributed by atoms with E-state index in [1.165, 1.54) is 19.9 Å². The quantitative estimate of drug-likeness (QED) is 0.684. The molecule has 0 aliphatic rings. The predicted molar refractivity (Wildman–Crippen MR) is 78.4 cm³/mol. The zero-order chi connectivity index (χ0) is 16.1. The van der Waals surface area contributed by atoms with Gasteiger partial charge in [-0.3, -0.25) is 0 Å². The van der Waals surface area contributed by atoms with Crippen LogP contribution in [0.1, 0.15) is 18.9 Å². The van der Waals surface area contributed by atoms with Crippen LogP contribution in [-0.2, 0) is 20.0 Å². The topological polar surface area (TPSA) is 92.3 Å². The molecule has 0 spiro atoms. The van der Waals surface area contributed by atoms with Gasteiger partial charge in [-0.25, -0.2) is 30.7 Å². The van der Waals surface area contributed by atoms with Gasteiger partial charge in [-0.2, -0.15) is 0 Å². The van der Waals surface area contributed by atoms with E-state index in [-0.39, 0.29) is 23.7 Å². The number of hydrogen-bond donors (Lipinski definition) is 2. The number of halogens is 1. The number of sulfonamides is 2. The number of aryl methyl sites for hydroxylation is 1. The lowest BCUT2D eigenvalue weighted by Gasteiger charge is -2.09. The molecular formula is C12H19FN2O4S2. The zero-order valence-electron chi connectivity index (χ0n) is 11.9. The van der Waals surface area contributed by atoms with Gasteiger partial charge in [0, 0.05) is 13.1 Å². The van der Waals surface area contributed by atoms with Crippen molar-refractivity contribution in [2.75, 3.05) is 18.8 Å². The zero-order valence-corrected chi connectivity index (χ0v) is 13.5. The Morgan fingerprint density at radius 3 is 2.29 bits per heavy atom. The lowest BCUT2D eigenvalue weighted by atomic mass is 10.2. The minimum absolute atomic E-state index is 0.0121. The van der Waals surface area contributed by atoms with Crippen molar-refractivity contribution in [3.8, 4) is 0 Å². The van der Waals surface area contributed by atoms with Crippen molar-refractivity contribution < 1.29 is 21.2 Å². The van der Waals surface area contributed by atoms with Crippen molar-refractivity contribution in [1.29, 1.82) is 0 Å². The highest BCUT2D eigenvalue weighted by atomic mass is 32.2. The van der Waals surface area contributed by atoms with Gasteiger partial charge in [0.2, 0.25) is 20.0 Å². The Morgan fingerprint density at radius 1 is 1.10 bits per heavy atom. The van der Waals surface area contributed by atoms with Gasteiger partial charge in [-0.1, -0.05) is 0 Å². The van der Waals surface area contributed by atoms with E-state index in [1.54, 1.807) is 0 Å². The van der Waals surface area contributed by atoms with Crippen molar-refractivity contribution in [3.05, 3.63) is 29.6 Å². The van der Waals surface area contributed by atoms with E-state index in [1.807, 2.05) is 0 Å². The second-order valence-corrected chi connectivity index (χ2v) is 8.29. The van der Waals surface area contributed by atoms with Crippen LogP contribution < -0.4 is 9.44 Å². The second-order valence-electron chi connectivity index (χ2n) is 4.46. The first-order chi connectivity index (χ1) is 9.68. The largest absolute Gasteiger partial charge is 0.240 e. The molecule has 0 saturated carbocycles. The fraction of sp³-hybridized carbons (Fsp3) is 0.500. The molecule has 9 heteroatoms. The Balaban J connectivity index is 2.54. The van der Waals surface area contributed by atoms with Crippen LogP contribution in [0.5, 0.6) is 0 Å². The van der Waals surface area contributed by atoms with Crippen molar-refractivity contribution >= 4 is 20.0 Å². The SMILES string of the molecule is CCS(=O)(=O)NCCCNS(=O)(=O)c1ccc(F)cc1C. The summed E-state index contributed by atoms with van der Waals surface area (Å²) < 4.78 is 64.0. The Bertz CT molecular complexity index is 687. The van der Waals surface area contributed by atoms with E-state index in [4.69, 9.17) is 0 Å². The summed E-state index contributed by atoms with van der Waals surface area (Å²) in [6.07, 6.45) is 0.318. The highest BCUT2D eigenvalue weighted by molar-refractivity contribution is 7.89. The molecule has 1 aromatic carbocycles. The molecule has 1 aromatic rings. The van der Waals surface area contributed by atoms with Crippen LogP contribution in [0, 0.1) is 12.7 Å². The van der Waals surface area contributed by atoms with E-state index in [9.17, 15) is 21.2 Å². The molecule has 0 bridgehead atoms. The Hall–Kier alpha value is -1.03. The van der Waals surface area contributed by atoms with Crippen molar-refractivity contribution in [3.63, 3.8) is 0 Å². The van der Waals surface area contributed by atoms with Crippen LogP contribution in [0.15, 0.2) is 23.1 Å². The first kappa shape index (κ1) is 18.0. The van der Waals surface area contributed by atoms with Crippen LogP contribution in [0.3, 0.4) is 0 Å². The third kappa shape index (κ3) is 5.70. The van der Waals surface area contributed by atoms with E-state index < -0.39 is 25.9 Å². The monoisotopic (exact) mass is 338 g/mol. The molecular weight excluding hydrogens is 319 g/mol. The van der Waals surface area contributed by atoms with Gasteiger partial charge >= 0.3 is 0 Å². The average Bonchev–Trinajstić information content (AvgIpc) is 2.37. The fourth-order valence-electron chi connectivity index (χ4n) is 1.62. The smallest absolute Gasteiger partial charge is 0.215 e. The fourth-order valence-corrected chi connectivity index (χ4v) is 3.57.